The molecule has 100 valence electrons. The molecule has 0 saturated carbocycles. The van der Waals surface area contributed by atoms with E-state index in [0.717, 1.165) is 0 Å². The van der Waals surface area contributed by atoms with Crippen LogP contribution in [0.3, 0.4) is 0 Å². The Labute approximate surface area is 111 Å². The largest absolute Gasteiger partial charge is 0.382 e. The average Bonchev–Trinajstić information content (AvgIpc) is 2.59. The van der Waals surface area contributed by atoms with Gasteiger partial charge >= 0.3 is 0 Å². The standard InChI is InChI=1S/C16H26N2/c1-3-11-18-12-6-8-15(10-13-18)17-16-9-5-4-7-14(16)2/h4-5,7,9,15,17H,3,6,8,10-13H2,1-2H3. The van der Waals surface area contributed by atoms with E-state index in [0.29, 0.717) is 6.04 Å². The Morgan fingerprint density at radius 3 is 2.83 bits per heavy atom. The fourth-order valence-electron chi connectivity index (χ4n) is 2.79. The molecule has 18 heavy (non-hydrogen) atoms. The lowest BCUT2D eigenvalue weighted by Gasteiger charge is -2.20. The van der Waals surface area contributed by atoms with E-state index < -0.39 is 0 Å². The topological polar surface area (TPSA) is 15.3 Å². The minimum Gasteiger partial charge on any atom is -0.382 e. The lowest BCUT2D eigenvalue weighted by Crippen LogP contribution is -2.27. The molecule has 1 unspecified atom stereocenters. The molecule has 0 spiro atoms. The molecule has 1 aromatic carbocycles. The third-order valence-corrected chi connectivity index (χ3v) is 3.87. The number of likely N-dealkylation sites (tertiary alicyclic amines) is 1. The van der Waals surface area contributed by atoms with Crippen LogP contribution in [0.5, 0.6) is 0 Å². The predicted molar refractivity (Wildman–Crippen MR) is 79.2 cm³/mol. The molecule has 1 atom stereocenters. The Balaban J connectivity index is 1.89. The molecular weight excluding hydrogens is 220 g/mol. The number of hydrogen-bond acceptors (Lipinski definition) is 2. The first-order chi connectivity index (χ1) is 8.79. The summed E-state index contributed by atoms with van der Waals surface area (Å²) in [4.78, 5) is 2.61. The number of aryl methyl sites for hydroxylation is 1. The van der Waals surface area contributed by atoms with Crippen molar-refractivity contribution in [3.63, 3.8) is 0 Å². The Bertz CT molecular complexity index is 362. The zero-order valence-corrected chi connectivity index (χ0v) is 11.8. The van der Waals surface area contributed by atoms with Crippen molar-refractivity contribution in [2.75, 3.05) is 25.0 Å². The van der Waals surface area contributed by atoms with Crippen LogP contribution in [0.2, 0.25) is 0 Å². The van der Waals surface area contributed by atoms with Crippen LogP contribution < -0.4 is 5.32 Å². The fraction of sp³-hybridized carbons (Fsp3) is 0.625. The van der Waals surface area contributed by atoms with Gasteiger partial charge in [0.1, 0.15) is 0 Å². The molecule has 2 heteroatoms. The molecule has 1 N–H and O–H groups in total. The highest BCUT2D eigenvalue weighted by Crippen LogP contribution is 2.19. The molecule has 0 aromatic heterocycles. The molecule has 2 nitrogen and oxygen atoms in total. The van der Waals surface area contributed by atoms with E-state index in [1.807, 2.05) is 0 Å². The van der Waals surface area contributed by atoms with E-state index in [1.165, 1.54) is 56.6 Å². The van der Waals surface area contributed by atoms with Crippen molar-refractivity contribution in [3.8, 4) is 0 Å². The van der Waals surface area contributed by atoms with Gasteiger partial charge in [-0.3, -0.25) is 0 Å². The van der Waals surface area contributed by atoms with Crippen LogP contribution in [-0.4, -0.2) is 30.6 Å². The Morgan fingerprint density at radius 2 is 2.06 bits per heavy atom. The van der Waals surface area contributed by atoms with Gasteiger partial charge < -0.3 is 10.2 Å². The molecule has 0 bridgehead atoms. The third-order valence-electron chi connectivity index (χ3n) is 3.87. The van der Waals surface area contributed by atoms with Crippen LogP contribution in [0.1, 0.15) is 38.2 Å². The number of hydrogen-bond donors (Lipinski definition) is 1. The monoisotopic (exact) mass is 246 g/mol. The van der Waals surface area contributed by atoms with Gasteiger partial charge in [0.05, 0.1) is 0 Å². The summed E-state index contributed by atoms with van der Waals surface area (Å²) in [5.41, 5.74) is 2.67. The van der Waals surface area contributed by atoms with Gasteiger partial charge in [-0.15, -0.1) is 0 Å². The average molecular weight is 246 g/mol. The van der Waals surface area contributed by atoms with Gasteiger partial charge in [-0.2, -0.15) is 0 Å². The van der Waals surface area contributed by atoms with Crippen LogP contribution >= 0.6 is 0 Å². The highest BCUT2D eigenvalue weighted by molar-refractivity contribution is 5.50. The highest BCUT2D eigenvalue weighted by Gasteiger charge is 2.16. The summed E-state index contributed by atoms with van der Waals surface area (Å²) < 4.78 is 0. The second kappa shape index (κ2) is 6.79. The number of nitrogens with zero attached hydrogens (tertiary/aromatic N) is 1. The van der Waals surface area contributed by atoms with Crippen LogP contribution in [0.15, 0.2) is 24.3 Å². The van der Waals surface area contributed by atoms with Gasteiger partial charge in [-0.25, -0.2) is 0 Å². The fourth-order valence-corrected chi connectivity index (χ4v) is 2.79. The number of benzene rings is 1. The molecule has 1 aliphatic heterocycles. The van der Waals surface area contributed by atoms with Gasteiger partial charge in [-0.05, 0) is 57.3 Å². The summed E-state index contributed by atoms with van der Waals surface area (Å²) in [6, 6.07) is 9.26. The molecule has 1 aromatic rings. The van der Waals surface area contributed by atoms with E-state index in [9.17, 15) is 0 Å². The summed E-state index contributed by atoms with van der Waals surface area (Å²) in [5.74, 6) is 0. The van der Waals surface area contributed by atoms with E-state index >= 15 is 0 Å². The number of para-hydroxylation sites is 1. The lowest BCUT2D eigenvalue weighted by atomic mass is 10.1. The second-order valence-corrected chi connectivity index (χ2v) is 5.43. The molecular formula is C16H26N2. The maximum Gasteiger partial charge on any atom is 0.0372 e. The van der Waals surface area contributed by atoms with E-state index in [1.54, 1.807) is 0 Å². The van der Waals surface area contributed by atoms with Crippen molar-refractivity contribution >= 4 is 5.69 Å². The van der Waals surface area contributed by atoms with Gasteiger partial charge in [0.15, 0.2) is 0 Å². The first kappa shape index (κ1) is 13.4. The Hall–Kier alpha value is -1.02. The van der Waals surface area contributed by atoms with Crippen molar-refractivity contribution in [1.82, 2.24) is 4.90 Å². The molecule has 0 radical (unpaired) electrons. The van der Waals surface area contributed by atoms with Gasteiger partial charge in [-0.1, -0.05) is 25.1 Å². The minimum atomic E-state index is 0.646. The maximum atomic E-state index is 3.73. The van der Waals surface area contributed by atoms with Crippen LogP contribution in [0, 0.1) is 6.92 Å². The minimum absolute atomic E-state index is 0.646. The molecule has 0 amide bonds. The summed E-state index contributed by atoms with van der Waals surface area (Å²) in [5, 5.41) is 3.73. The first-order valence-corrected chi connectivity index (χ1v) is 7.34. The summed E-state index contributed by atoms with van der Waals surface area (Å²) in [6.07, 6.45) is 5.17. The molecule has 2 rings (SSSR count). The summed E-state index contributed by atoms with van der Waals surface area (Å²) in [7, 11) is 0. The Kier molecular flexibility index (Phi) is 5.06. The normalized spacial score (nSPS) is 21.6. The van der Waals surface area contributed by atoms with E-state index in [2.05, 4.69) is 48.3 Å². The predicted octanol–water partition coefficient (Wildman–Crippen LogP) is 3.67. The lowest BCUT2D eigenvalue weighted by molar-refractivity contribution is 0.285. The van der Waals surface area contributed by atoms with Crippen LogP contribution in [0.25, 0.3) is 0 Å². The molecule has 0 aliphatic carbocycles. The molecule has 1 heterocycles. The van der Waals surface area contributed by atoms with Crippen LogP contribution in [0.4, 0.5) is 5.69 Å². The number of anilines is 1. The smallest absolute Gasteiger partial charge is 0.0372 e. The van der Waals surface area contributed by atoms with Crippen LogP contribution in [-0.2, 0) is 0 Å². The van der Waals surface area contributed by atoms with Crippen molar-refractivity contribution in [2.24, 2.45) is 0 Å². The summed E-state index contributed by atoms with van der Waals surface area (Å²) >= 11 is 0. The SMILES string of the molecule is CCCN1CCCC(Nc2ccccc2C)CC1. The van der Waals surface area contributed by atoms with Crippen molar-refractivity contribution in [2.45, 2.75) is 45.6 Å². The quantitative estimate of drug-likeness (QED) is 0.872. The Morgan fingerprint density at radius 1 is 1.22 bits per heavy atom. The molecule has 1 fully saturated rings. The second-order valence-electron chi connectivity index (χ2n) is 5.43. The third kappa shape index (κ3) is 3.74. The highest BCUT2D eigenvalue weighted by atomic mass is 15.1. The summed E-state index contributed by atoms with van der Waals surface area (Å²) in [6.45, 7) is 8.24. The zero-order chi connectivity index (χ0) is 12.8. The molecule has 1 saturated heterocycles. The number of rotatable bonds is 4. The van der Waals surface area contributed by atoms with Crippen molar-refractivity contribution < 1.29 is 0 Å². The molecule has 1 aliphatic rings. The van der Waals surface area contributed by atoms with Gasteiger partial charge in [0.25, 0.3) is 0 Å². The van der Waals surface area contributed by atoms with Gasteiger partial charge in [0.2, 0.25) is 0 Å². The van der Waals surface area contributed by atoms with Crippen molar-refractivity contribution in [1.29, 1.82) is 0 Å². The number of nitrogens with one attached hydrogen (secondary N) is 1. The van der Waals surface area contributed by atoms with Gasteiger partial charge in [0, 0.05) is 18.3 Å². The van der Waals surface area contributed by atoms with E-state index in [-0.39, 0.29) is 0 Å². The maximum absolute atomic E-state index is 3.73. The van der Waals surface area contributed by atoms with Crippen molar-refractivity contribution in [3.05, 3.63) is 29.8 Å². The zero-order valence-electron chi connectivity index (χ0n) is 11.8. The van der Waals surface area contributed by atoms with E-state index in [4.69, 9.17) is 0 Å². The first-order valence-electron chi connectivity index (χ1n) is 7.34.